The predicted octanol–water partition coefficient (Wildman–Crippen LogP) is 4.04. The first-order chi connectivity index (χ1) is 7.32. The van der Waals surface area contributed by atoms with Gasteiger partial charge in [-0.3, -0.25) is 0 Å². The first kappa shape index (κ1) is 14.2. The van der Waals surface area contributed by atoms with Gasteiger partial charge in [0.2, 0.25) is 0 Å². The molecule has 0 bridgehead atoms. The van der Waals surface area contributed by atoms with Crippen LogP contribution in [0, 0.1) is 0 Å². The van der Waals surface area contributed by atoms with Crippen LogP contribution in [0.1, 0.15) is 47.5 Å². The molecule has 0 amide bonds. The SMILES string of the molecule is CC1=CCC[C@H](OC(C)(C)OC(C)C)C1Br. The Kier molecular flexibility index (Phi) is 5.02. The van der Waals surface area contributed by atoms with Gasteiger partial charge in [-0.25, -0.2) is 0 Å². The molecule has 0 spiro atoms. The largest absolute Gasteiger partial charge is 0.348 e. The van der Waals surface area contributed by atoms with E-state index in [1.807, 2.05) is 27.7 Å². The van der Waals surface area contributed by atoms with Gasteiger partial charge in [-0.2, -0.15) is 0 Å². The minimum absolute atomic E-state index is 0.184. The Bertz CT molecular complexity index is 259. The van der Waals surface area contributed by atoms with E-state index in [-0.39, 0.29) is 12.2 Å². The van der Waals surface area contributed by atoms with Crippen LogP contribution in [0.3, 0.4) is 0 Å². The van der Waals surface area contributed by atoms with Crippen molar-refractivity contribution < 1.29 is 9.47 Å². The van der Waals surface area contributed by atoms with E-state index in [2.05, 4.69) is 28.9 Å². The fraction of sp³-hybridized carbons (Fsp3) is 0.846. The van der Waals surface area contributed by atoms with E-state index in [9.17, 15) is 0 Å². The summed E-state index contributed by atoms with van der Waals surface area (Å²) < 4.78 is 11.8. The Morgan fingerprint density at radius 3 is 2.62 bits per heavy atom. The van der Waals surface area contributed by atoms with Crippen LogP contribution in [0.15, 0.2) is 11.6 Å². The molecule has 0 aromatic heterocycles. The zero-order valence-corrected chi connectivity index (χ0v) is 12.5. The molecule has 0 saturated carbocycles. The predicted molar refractivity (Wildman–Crippen MR) is 70.9 cm³/mol. The van der Waals surface area contributed by atoms with Crippen LogP contribution in [0.2, 0.25) is 0 Å². The van der Waals surface area contributed by atoms with E-state index in [4.69, 9.17) is 9.47 Å². The second-order valence-corrected chi connectivity index (χ2v) is 6.14. The molecule has 2 atom stereocenters. The van der Waals surface area contributed by atoms with Crippen LogP contribution in [0.4, 0.5) is 0 Å². The Morgan fingerprint density at radius 2 is 2.06 bits per heavy atom. The Morgan fingerprint density at radius 1 is 1.44 bits per heavy atom. The minimum atomic E-state index is -0.511. The van der Waals surface area contributed by atoms with Crippen molar-refractivity contribution in [2.45, 2.75) is 70.3 Å². The Balaban J connectivity index is 2.57. The molecule has 1 rings (SSSR count). The zero-order chi connectivity index (χ0) is 12.3. The number of rotatable bonds is 4. The number of ether oxygens (including phenoxy) is 2. The number of hydrogen-bond donors (Lipinski definition) is 0. The number of allylic oxidation sites excluding steroid dienone is 1. The summed E-state index contributed by atoms with van der Waals surface area (Å²) >= 11 is 3.69. The molecule has 94 valence electrons. The van der Waals surface area contributed by atoms with Crippen molar-refractivity contribution in [2.24, 2.45) is 0 Å². The molecule has 1 unspecified atom stereocenters. The second kappa shape index (κ2) is 5.65. The average Bonchev–Trinajstić information content (AvgIpc) is 2.10. The van der Waals surface area contributed by atoms with Gasteiger partial charge in [-0.1, -0.05) is 27.6 Å². The highest BCUT2D eigenvalue weighted by Crippen LogP contribution is 2.31. The summed E-state index contributed by atoms with van der Waals surface area (Å²) in [5.74, 6) is -0.511. The van der Waals surface area contributed by atoms with E-state index in [0.717, 1.165) is 12.8 Å². The Hall–Kier alpha value is 0.140. The third-order valence-corrected chi connectivity index (χ3v) is 3.95. The van der Waals surface area contributed by atoms with Gasteiger partial charge in [0.05, 0.1) is 17.0 Å². The van der Waals surface area contributed by atoms with Gasteiger partial charge in [-0.15, -0.1) is 0 Å². The van der Waals surface area contributed by atoms with Crippen LogP contribution in [0.5, 0.6) is 0 Å². The minimum Gasteiger partial charge on any atom is -0.348 e. The number of halogens is 1. The summed E-state index contributed by atoms with van der Waals surface area (Å²) in [7, 11) is 0. The van der Waals surface area contributed by atoms with Crippen molar-refractivity contribution in [2.75, 3.05) is 0 Å². The molecule has 0 radical (unpaired) electrons. The molecule has 1 aliphatic carbocycles. The highest BCUT2D eigenvalue weighted by molar-refractivity contribution is 9.09. The molecular formula is C13H23BrO2. The summed E-state index contributed by atoms with van der Waals surface area (Å²) in [6.07, 6.45) is 4.81. The van der Waals surface area contributed by atoms with E-state index in [0.29, 0.717) is 4.83 Å². The van der Waals surface area contributed by atoms with Gasteiger partial charge >= 0.3 is 0 Å². The maximum absolute atomic E-state index is 6.06. The summed E-state index contributed by atoms with van der Waals surface area (Å²) in [6, 6.07) is 0. The molecule has 16 heavy (non-hydrogen) atoms. The van der Waals surface area contributed by atoms with Crippen LogP contribution in [0.25, 0.3) is 0 Å². The Labute approximate surface area is 108 Å². The fourth-order valence-corrected chi connectivity index (χ4v) is 2.67. The molecule has 0 heterocycles. The molecule has 0 aromatic carbocycles. The fourth-order valence-electron chi connectivity index (χ4n) is 2.11. The van der Waals surface area contributed by atoms with Crippen molar-refractivity contribution in [1.29, 1.82) is 0 Å². The molecule has 1 aliphatic rings. The average molecular weight is 291 g/mol. The summed E-state index contributed by atoms with van der Waals surface area (Å²) in [4.78, 5) is 0.316. The van der Waals surface area contributed by atoms with E-state index >= 15 is 0 Å². The van der Waals surface area contributed by atoms with Gasteiger partial charge in [0, 0.05) is 0 Å². The van der Waals surface area contributed by atoms with Crippen molar-refractivity contribution >= 4 is 15.9 Å². The molecule has 0 aliphatic heterocycles. The van der Waals surface area contributed by atoms with Crippen molar-refractivity contribution in [3.63, 3.8) is 0 Å². The lowest BCUT2D eigenvalue weighted by Gasteiger charge is -2.36. The monoisotopic (exact) mass is 290 g/mol. The maximum Gasteiger partial charge on any atom is 0.163 e. The summed E-state index contributed by atoms with van der Waals surface area (Å²) in [5, 5.41) is 0. The maximum atomic E-state index is 6.06. The highest BCUT2D eigenvalue weighted by atomic mass is 79.9. The standard InChI is InChI=1S/C13H23BrO2/c1-9(2)15-13(4,5)16-11-8-6-7-10(3)12(11)14/h7,9,11-12H,6,8H2,1-5H3/t11-,12?/m0/s1. The third-order valence-electron chi connectivity index (χ3n) is 2.63. The van der Waals surface area contributed by atoms with E-state index in [1.54, 1.807) is 0 Å². The smallest absolute Gasteiger partial charge is 0.163 e. The van der Waals surface area contributed by atoms with E-state index in [1.165, 1.54) is 5.57 Å². The van der Waals surface area contributed by atoms with Crippen LogP contribution >= 0.6 is 15.9 Å². The normalized spacial score (nSPS) is 27.1. The highest BCUT2D eigenvalue weighted by Gasteiger charge is 2.31. The lowest BCUT2D eigenvalue weighted by Crippen LogP contribution is -2.40. The molecule has 0 fully saturated rings. The topological polar surface area (TPSA) is 18.5 Å². The van der Waals surface area contributed by atoms with Gasteiger partial charge in [0.25, 0.3) is 0 Å². The van der Waals surface area contributed by atoms with Gasteiger partial charge in [0.15, 0.2) is 5.79 Å². The van der Waals surface area contributed by atoms with Gasteiger partial charge in [0.1, 0.15) is 0 Å². The van der Waals surface area contributed by atoms with E-state index < -0.39 is 5.79 Å². The quantitative estimate of drug-likeness (QED) is 0.442. The molecule has 2 nitrogen and oxygen atoms in total. The number of hydrogen-bond acceptors (Lipinski definition) is 2. The van der Waals surface area contributed by atoms with Crippen LogP contribution < -0.4 is 0 Å². The molecular weight excluding hydrogens is 268 g/mol. The molecule has 0 aromatic rings. The second-order valence-electron chi connectivity index (χ2n) is 5.15. The van der Waals surface area contributed by atoms with Crippen LogP contribution in [-0.2, 0) is 9.47 Å². The van der Waals surface area contributed by atoms with Crippen molar-refractivity contribution in [1.82, 2.24) is 0 Å². The number of alkyl halides is 1. The third kappa shape index (κ3) is 4.19. The molecule has 0 saturated heterocycles. The molecule has 0 N–H and O–H groups in total. The van der Waals surface area contributed by atoms with Gasteiger partial charge in [-0.05, 0) is 47.5 Å². The molecule has 3 heteroatoms. The van der Waals surface area contributed by atoms with Crippen LogP contribution in [-0.4, -0.2) is 22.8 Å². The lowest BCUT2D eigenvalue weighted by molar-refractivity contribution is -0.252. The zero-order valence-electron chi connectivity index (χ0n) is 10.9. The van der Waals surface area contributed by atoms with Crippen molar-refractivity contribution in [3.05, 3.63) is 11.6 Å². The summed E-state index contributed by atoms with van der Waals surface area (Å²) in [5.41, 5.74) is 1.36. The van der Waals surface area contributed by atoms with Crippen molar-refractivity contribution in [3.8, 4) is 0 Å². The first-order valence-corrected chi connectivity index (χ1v) is 6.90. The first-order valence-electron chi connectivity index (χ1n) is 5.98. The lowest BCUT2D eigenvalue weighted by atomic mass is 9.97. The summed E-state index contributed by atoms with van der Waals surface area (Å²) in [6.45, 7) is 10.2. The van der Waals surface area contributed by atoms with Gasteiger partial charge < -0.3 is 9.47 Å².